The van der Waals surface area contributed by atoms with E-state index in [1.807, 2.05) is 6.92 Å². The normalized spacial score (nSPS) is 17.9. The predicted molar refractivity (Wildman–Crippen MR) is 65.6 cm³/mol. The molecule has 1 atom stereocenters. The van der Waals surface area contributed by atoms with Gasteiger partial charge in [-0.25, -0.2) is 0 Å². The molecule has 98 valence electrons. The molecule has 1 aliphatic carbocycles. The van der Waals surface area contributed by atoms with Crippen molar-refractivity contribution in [3.05, 3.63) is 0 Å². The van der Waals surface area contributed by atoms with E-state index in [1.54, 1.807) is 0 Å². The summed E-state index contributed by atoms with van der Waals surface area (Å²) in [6.45, 7) is 2.57. The number of carboxylic acid groups (broad SMARTS) is 1. The molecule has 2 N–H and O–H groups in total. The monoisotopic (exact) mass is 241 g/mol. The molecule has 0 aliphatic heterocycles. The first-order valence-electron chi connectivity index (χ1n) is 6.56. The number of amides is 1. The van der Waals surface area contributed by atoms with Crippen molar-refractivity contribution in [1.29, 1.82) is 0 Å². The largest absolute Gasteiger partial charge is 0.481 e. The van der Waals surface area contributed by atoms with Gasteiger partial charge in [0.15, 0.2) is 0 Å². The van der Waals surface area contributed by atoms with Crippen LogP contribution in [-0.4, -0.2) is 23.5 Å². The molecule has 0 aromatic heterocycles. The second-order valence-corrected chi connectivity index (χ2v) is 5.20. The molecule has 4 heteroatoms. The van der Waals surface area contributed by atoms with Gasteiger partial charge in [-0.2, -0.15) is 0 Å². The second kappa shape index (κ2) is 7.30. The van der Waals surface area contributed by atoms with Crippen LogP contribution in [-0.2, 0) is 9.59 Å². The van der Waals surface area contributed by atoms with Gasteiger partial charge in [0.1, 0.15) is 0 Å². The number of aliphatic carboxylic acids is 1. The molecule has 0 heterocycles. The fourth-order valence-corrected chi connectivity index (χ4v) is 2.31. The molecule has 0 aromatic carbocycles. The molecule has 0 bridgehead atoms. The van der Waals surface area contributed by atoms with Gasteiger partial charge in [-0.1, -0.05) is 19.8 Å². The summed E-state index contributed by atoms with van der Waals surface area (Å²) in [4.78, 5) is 22.0. The maximum absolute atomic E-state index is 11.6. The van der Waals surface area contributed by atoms with Crippen molar-refractivity contribution in [1.82, 2.24) is 5.32 Å². The van der Waals surface area contributed by atoms with Crippen molar-refractivity contribution < 1.29 is 14.7 Å². The maximum Gasteiger partial charge on any atom is 0.303 e. The van der Waals surface area contributed by atoms with Gasteiger partial charge < -0.3 is 10.4 Å². The van der Waals surface area contributed by atoms with Crippen molar-refractivity contribution in [2.24, 2.45) is 11.8 Å². The molecule has 1 unspecified atom stereocenters. The molecule has 0 saturated heterocycles. The number of nitrogens with one attached hydrogen (secondary N) is 1. The van der Waals surface area contributed by atoms with Crippen LogP contribution in [0.2, 0.25) is 0 Å². The van der Waals surface area contributed by atoms with Gasteiger partial charge in [-0.15, -0.1) is 0 Å². The van der Waals surface area contributed by atoms with E-state index in [1.165, 1.54) is 25.7 Å². The van der Waals surface area contributed by atoms with Crippen LogP contribution in [0.25, 0.3) is 0 Å². The summed E-state index contributed by atoms with van der Waals surface area (Å²) in [6.07, 6.45) is 6.33. The van der Waals surface area contributed by atoms with E-state index in [9.17, 15) is 9.59 Å². The highest BCUT2D eigenvalue weighted by Crippen LogP contribution is 2.27. The fraction of sp³-hybridized carbons (Fsp3) is 0.846. The first kappa shape index (κ1) is 14.0. The van der Waals surface area contributed by atoms with Gasteiger partial charge in [0, 0.05) is 19.4 Å². The quantitative estimate of drug-likeness (QED) is 0.718. The first-order valence-corrected chi connectivity index (χ1v) is 6.56. The Hall–Kier alpha value is -1.06. The average Bonchev–Trinajstić information content (AvgIpc) is 2.76. The molecule has 1 saturated carbocycles. The summed E-state index contributed by atoms with van der Waals surface area (Å²) in [5, 5.41) is 11.4. The molecule has 0 spiro atoms. The minimum absolute atomic E-state index is 0.124. The molecule has 1 amide bonds. The second-order valence-electron chi connectivity index (χ2n) is 5.20. The topological polar surface area (TPSA) is 66.4 Å². The van der Waals surface area contributed by atoms with E-state index in [-0.39, 0.29) is 18.2 Å². The van der Waals surface area contributed by atoms with Crippen LogP contribution < -0.4 is 5.32 Å². The van der Waals surface area contributed by atoms with E-state index in [4.69, 9.17) is 5.11 Å². The predicted octanol–water partition coefficient (Wildman–Crippen LogP) is 2.18. The zero-order valence-corrected chi connectivity index (χ0v) is 10.6. The van der Waals surface area contributed by atoms with E-state index < -0.39 is 5.97 Å². The molecular weight excluding hydrogens is 218 g/mol. The van der Waals surface area contributed by atoms with E-state index in [0.717, 1.165) is 0 Å². The third-order valence-electron chi connectivity index (χ3n) is 3.45. The van der Waals surface area contributed by atoms with Crippen molar-refractivity contribution in [3.8, 4) is 0 Å². The highest BCUT2D eigenvalue weighted by molar-refractivity contribution is 5.76. The highest BCUT2D eigenvalue weighted by atomic mass is 16.4. The van der Waals surface area contributed by atoms with Crippen molar-refractivity contribution in [2.45, 2.75) is 51.9 Å². The van der Waals surface area contributed by atoms with Crippen molar-refractivity contribution in [3.63, 3.8) is 0 Å². The van der Waals surface area contributed by atoms with Crippen molar-refractivity contribution >= 4 is 11.9 Å². The molecule has 4 nitrogen and oxygen atoms in total. The Morgan fingerprint density at radius 1 is 1.35 bits per heavy atom. The Morgan fingerprint density at radius 3 is 2.59 bits per heavy atom. The summed E-state index contributed by atoms with van der Waals surface area (Å²) >= 11 is 0. The Morgan fingerprint density at radius 2 is 2.00 bits per heavy atom. The molecule has 1 aliphatic rings. The summed E-state index contributed by atoms with van der Waals surface area (Å²) in [7, 11) is 0. The van der Waals surface area contributed by atoms with E-state index in [2.05, 4.69) is 5.32 Å². The zero-order chi connectivity index (χ0) is 12.7. The van der Waals surface area contributed by atoms with Crippen LogP contribution in [0.15, 0.2) is 0 Å². The lowest BCUT2D eigenvalue weighted by molar-refractivity contribution is -0.137. The molecular formula is C13H23NO3. The van der Waals surface area contributed by atoms with Gasteiger partial charge >= 0.3 is 5.97 Å². The number of carbonyl (C=O) groups excluding carboxylic acids is 1. The van der Waals surface area contributed by atoms with Gasteiger partial charge in [0.25, 0.3) is 0 Å². The SMILES string of the molecule is CC(CCC(=O)O)CNC(=O)CC1CCCC1. The lowest BCUT2D eigenvalue weighted by Crippen LogP contribution is -2.29. The average molecular weight is 241 g/mol. The number of hydrogen-bond donors (Lipinski definition) is 2. The van der Waals surface area contributed by atoms with Crippen LogP contribution in [0.4, 0.5) is 0 Å². The Balaban J connectivity index is 2.07. The van der Waals surface area contributed by atoms with Crippen LogP contribution in [0.1, 0.15) is 51.9 Å². The van der Waals surface area contributed by atoms with Crippen LogP contribution in [0, 0.1) is 11.8 Å². The van der Waals surface area contributed by atoms with Gasteiger partial charge in [0.2, 0.25) is 5.91 Å². The van der Waals surface area contributed by atoms with Gasteiger partial charge in [0.05, 0.1) is 0 Å². The number of rotatable bonds is 7. The Kier molecular flexibility index (Phi) is 6.01. The minimum atomic E-state index is -0.769. The van der Waals surface area contributed by atoms with Crippen molar-refractivity contribution in [2.75, 3.05) is 6.54 Å². The number of carbonyl (C=O) groups is 2. The first-order chi connectivity index (χ1) is 8.08. The van der Waals surface area contributed by atoms with Crippen LogP contribution in [0.5, 0.6) is 0 Å². The summed E-state index contributed by atoms with van der Waals surface area (Å²) < 4.78 is 0. The van der Waals surface area contributed by atoms with E-state index >= 15 is 0 Å². The third kappa shape index (κ3) is 6.29. The smallest absolute Gasteiger partial charge is 0.303 e. The van der Waals surface area contributed by atoms with Gasteiger partial charge in [-0.05, 0) is 31.1 Å². The summed E-state index contributed by atoms with van der Waals surface area (Å²) in [5.41, 5.74) is 0. The minimum Gasteiger partial charge on any atom is -0.481 e. The molecule has 1 rings (SSSR count). The molecule has 1 fully saturated rings. The maximum atomic E-state index is 11.6. The van der Waals surface area contributed by atoms with Crippen LogP contribution >= 0.6 is 0 Å². The number of carboxylic acids is 1. The lowest BCUT2D eigenvalue weighted by Gasteiger charge is -2.13. The summed E-state index contributed by atoms with van der Waals surface area (Å²) in [6, 6.07) is 0. The Labute approximate surface area is 103 Å². The standard InChI is InChI=1S/C13H23NO3/c1-10(6-7-13(16)17)9-14-12(15)8-11-4-2-3-5-11/h10-11H,2-9H2,1H3,(H,14,15)(H,16,17). The van der Waals surface area contributed by atoms with Crippen LogP contribution in [0.3, 0.4) is 0 Å². The highest BCUT2D eigenvalue weighted by Gasteiger charge is 2.18. The molecule has 17 heavy (non-hydrogen) atoms. The molecule has 0 aromatic rings. The third-order valence-corrected chi connectivity index (χ3v) is 3.45. The van der Waals surface area contributed by atoms with Gasteiger partial charge in [-0.3, -0.25) is 9.59 Å². The fourth-order valence-electron chi connectivity index (χ4n) is 2.31. The number of hydrogen-bond acceptors (Lipinski definition) is 2. The summed E-state index contributed by atoms with van der Waals surface area (Å²) in [5.74, 6) is 0.163. The zero-order valence-electron chi connectivity index (χ0n) is 10.6. The van der Waals surface area contributed by atoms with E-state index in [0.29, 0.717) is 25.3 Å². The Bertz CT molecular complexity index is 259. The lowest BCUT2D eigenvalue weighted by atomic mass is 10.0. The molecule has 0 radical (unpaired) electrons.